The molecular weight excluding hydrogens is 473 g/mol. The highest BCUT2D eigenvalue weighted by Crippen LogP contribution is 2.22. The van der Waals surface area contributed by atoms with Crippen LogP contribution in [0.25, 0.3) is 0 Å². The van der Waals surface area contributed by atoms with Crippen LogP contribution < -0.4 is 19.9 Å². The number of nitrogens with one attached hydrogen (secondary N) is 1. The lowest BCUT2D eigenvalue weighted by Crippen LogP contribution is -2.46. The standard InChI is InChI=1S/C28H30FN5O3/c1-2-36-26(18-29)20-37-25-9-3-22(4-10-25)28(35)32-23-5-7-24(8-6-23)33-13-15-34(16-14-33)27-17-21(19-30)11-12-31-27/h3-12,17,26H,2,13-16,18,20H2,1H3,(H,32,35). The molecule has 1 aliphatic rings. The molecule has 1 aromatic heterocycles. The summed E-state index contributed by atoms with van der Waals surface area (Å²) < 4.78 is 23.7. The normalized spacial score (nSPS) is 14.1. The number of ether oxygens (including phenoxy) is 2. The molecule has 2 heterocycles. The van der Waals surface area contributed by atoms with E-state index in [2.05, 4.69) is 26.2 Å². The highest BCUT2D eigenvalue weighted by molar-refractivity contribution is 6.04. The van der Waals surface area contributed by atoms with E-state index in [-0.39, 0.29) is 12.5 Å². The third-order valence-electron chi connectivity index (χ3n) is 6.10. The maximum atomic E-state index is 12.9. The Kier molecular flexibility index (Phi) is 8.89. The summed E-state index contributed by atoms with van der Waals surface area (Å²) in [6.45, 7) is 5.00. The Labute approximate surface area is 216 Å². The summed E-state index contributed by atoms with van der Waals surface area (Å²) in [7, 11) is 0. The molecule has 0 radical (unpaired) electrons. The highest BCUT2D eigenvalue weighted by atomic mass is 19.1. The van der Waals surface area contributed by atoms with Crippen LogP contribution in [0.3, 0.4) is 0 Å². The van der Waals surface area contributed by atoms with Gasteiger partial charge in [-0.25, -0.2) is 9.37 Å². The first-order valence-electron chi connectivity index (χ1n) is 12.3. The summed E-state index contributed by atoms with van der Waals surface area (Å²) in [4.78, 5) is 21.5. The van der Waals surface area contributed by atoms with Crippen molar-refractivity contribution in [2.24, 2.45) is 0 Å². The Balaban J connectivity index is 1.27. The van der Waals surface area contributed by atoms with Crippen molar-refractivity contribution in [3.63, 3.8) is 0 Å². The van der Waals surface area contributed by atoms with Crippen molar-refractivity contribution in [1.29, 1.82) is 5.26 Å². The molecule has 0 spiro atoms. The van der Waals surface area contributed by atoms with Crippen LogP contribution in [0.1, 0.15) is 22.8 Å². The fourth-order valence-corrected chi connectivity index (χ4v) is 4.08. The third-order valence-corrected chi connectivity index (χ3v) is 6.10. The Bertz CT molecular complexity index is 1210. The molecule has 9 heteroatoms. The number of nitriles is 1. The number of hydrogen-bond donors (Lipinski definition) is 1. The third kappa shape index (κ3) is 6.96. The van der Waals surface area contributed by atoms with Crippen LogP contribution in [0.2, 0.25) is 0 Å². The largest absolute Gasteiger partial charge is 0.491 e. The van der Waals surface area contributed by atoms with E-state index < -0.39 is 12.8 Å². The van der Waals surface area contributed by atoms with E-state index in [1.165, 1.54) is 0 Å². The number of alkyl halides is 1. The number of nitrogens with zero attached hydrogens (tertiary/aromatic N) is 4. The zero-order valence-electron chi connectivity index (χ0n) is 20.8. The smallest absolute Gasteiger partial charge is 0.255 e. The summed E-state index contributed by atoms with van der Waals surface area (Å²) >= 11 is 0. The fourth-order valence-electron chi connectivity index (χ4n) is 4.08. The first-order chi connectivity index (χ1) is 18.1. The topological polar surface area (TPSA) is 90.7 Å². The van der Waals surface area contributed by atoms with Gasteiger partial charge in [0.25, 0.3) is 5.91 Å². The number of pyridine rings is 1. The van der Waals surface area contributed by atoms with Crippen LogP contribution in [-0.2, 0) is 4.74 Å². The number of anilines is 3. The van der Waals surface area contributed by atoms with Gasteiger partial charge in [-0.1, -0.05) is 0 Å². The van der Waals surface area contributed by atoms with Crippen LogP contribution in [0.15, 0.2) is 66.9 Å². The van der Waals surface area contributed by atoms with Crippen molar-refractivity contribution in [2.75, 3.05) is 61.2 Å². The van der Waals surface area contributed by atoms with Gasteiger partial charge in [-0.15, -0.1) is 0 Å². The molecule has 1 saturated heterocycles. The second-order valence-corrected chi connectivity index (χ2v) is 8.56. The summed E-state index contributed by atoms with van der Waals surface area (Å²) in [5, 5.41) is 12.0. The van der Waals surface area contributed by atoms with Crippen molar-refractivity contribution in [1.82, 2.24) is 4.98 Å². The minimum Gasteiger partial charge on any atom is -0.491 e. The number of rotatable bonds is 10. The second kappa shape index (κ2) is 12.7. The molecule has 2 aromatic carbocycles. The van der Waals surface area contributed by atoms with Crippen LogP contribution in [0.4, 0.5) is 21.6 Å². The Morgan fingerprint density at radius 1 is 1.08 bits per heavy atom. The zero-order chi connectivity index (χ0) is 26.0. The molecule has 37 heavy (non-hydrogen) atoms. The molecule has 1 fully saturated rings. The zero-order valence-corrected chi connectivity index (χ0v) is 20.8. The van der Waals surface area contributed by atoms with Gasteiger partial charge in [0, 0.05) is 55.9 Å². The fraction of sp³-hybridized carbons (Fsp3) is 0.321. The molecule has 0 saturated carbocycles. The molecule has 192 valence electrons. The lowest BCUT2D eigenvalue weighted by molar-refractivity contribution is 0.0125. The van der Waals surface area contributed by atoms with Crippen LogP contribution in [0, 0.1) is 11.3 Å². The van der Waals surface area contributed by atoms with E-state index in [1.54, 1.807) is 36.5 Å². The quantitative estimate of drug-likeness (QED) is 0.442. The number of halogens is 1. The lowest BCUT2D eigenvalue weighted by atomic mass is 10.2. The Morgan fingerprint density at radius 3 is 2.43 bits per heavy atom. The predicted octanol–water partition coefficient (Wildman–Crippen LogP) is 4.29. The number of amides is 1. The van der Waals surface area contributed by atoms with E-state index in [1.807, 2.05) is 37.3 Å². The molecule has 1 unspecified atom stereocenters. The number of piperazine rings is 1. The van der Waals surface area contributed by atoms with Crippen molar-refractivity contribution in [3.8, 4) is 11.8 Å². The molecule has 1 amide bonds. The predicted molar refractivity (Wildman–Crippen MR) is 141 cm³/mol. The molecule has 3 aromatic rings. The maximum Gasteiger partial charge on any atom is 0.255 e. The van der Waals surface area contributed by atoms with Crippen LogP contribution >= 0.6 is 0 Å². The van der Waals surface area contributed by atoms with Crippen LogP contribution in [-0.4, -0.2) is 63.1 Å². The van der Waals surface area contributed by atoms with E-state index in [0.29, 0.717) is 29.2 Å². The maximum absolute atomic E-state index is 12.9. The first-order valence-corrected chi connectivity index (χ1v) is 12.3. The van der Waals surface area contributed by atoms with Gasteiger partial charge in [0.05, 0.1) is 11.6 Å². The average molecular weight is 504 g/mol. The van der Waals surface area contributed by atoms with Gasteiger partial charge in [-0.3, -0.25) is 4.79 Å². The monoisotopic (exact) mass is 503 g/mol. The van der Waals surface area contributed by atoms with Gasteiger partial charge in [0.15, 0.2) is 0 Å². The summed E-state index contributed by atoms with van der Waals surface area (Å²) in [6, 6.07) is 20.2. The number of carbonyl (C=O) groups excluding carboxylic acids is 1. The Hall–Kier alpha value is -4.16. The summed E-state index contributed by atoms with van der Waals surface area (Å²) in [5.41, 5.74) is 2.89. The van der Waals surface area contributed by atoms with Crippen molar-refractivity contribution in [2.45, 2.75) is 13.0 Å². The molecule has 1 atom stereocenters. The summed E-state index contributed by atoms with van der Waals surface area (Å²) in [5.74, 6) is 1.15. The van der Waals surface area contributed by atoms with Gasteiger partial charge >= 0.3 is 0 Å². The summed E-state index contributed by atoms with van der Waals surface area (Å²) in [6.07, 6.45) is 1.07. The SMILES string of the molecule is CCOC(CF)COc1ccc(C(=O)Nc2ccc(N3CCN(c4cc(C#N)ccn4)CC3)cc2)cc1. The van der Waals surface area contributed by atoms with Gasteiger partial charge < -0.3 is 24.6 Å². The number of benzene rings is 2. The molecule has 1 aliphatic heterocycles. The molecule has 0 bridgehead atoms. The average Bonchev–Trinajstić information content (AvgIpc) is 2.96. The van der Waals surface area contributed by atoms with E-state index in [0.717, 1.165) is 37.7 Å². The highest BCUT2D eigenvalue weighted by Gasteiger charge is 2.19. The number of aromatic nitrogens is 1. The van der Waals surface area contributed by atoms with Gasteiger partial charge in [-0.05, 0) is 67.6 Å². The lowest BCUT2D eigenvalue weighted by Gasteiger charge is -2.36. The van der Waals surface area contributed by atoms with Crippen molar-refractivity contribution < 1.29 is 18.7 Å². The van der Waals surface area contributed by atoms with Crippen molar-refractivity contribution >= 4 is 23.1 Å². The first kappa shape index (κ1) is 25.9. The van der Waals surface area contributed by atoms with E-state index in [4.69, 9.17) is 14.7 Å². The minimum absolute atomic E-state index is 0.114. The molecule has 4 rings (SSSR count). The molecular formula is C28H30FN5O3. The number of hydrogen-bond acceptors (Lipinski definition) is 7. The minimum atomic E-state index is -0.613. The van der Waals surface area contributed by atoms with Gasteiger partial charge in [0.1, 0.15) is 31.0 Å². The second-order valence-electron chi connectivity index (χ2n) is 8.56. The van der Waals surface area contributed by atoms with Gasteiger partial charge in [0.2, 0.25) is 0 Å². The molecule has 0 aliphatic carbocycles. The van der Waals surface area contributed by atoms with E-state index in [9.17, 15) is 9.18 Å². The van der Waals surface area contributed by atoms with Crippen molar-refractivity contribution in [3.05, 3.63) is 78.0 Å². The Morgan fingerprint density at radius 2 is 1.78 bits per heavy atom. The van der Waals surface area contributed by atoms with Crippen LogP contribution in [0.5, 0.6) is 5.75 Å². The molecule has 8 nitrogen and oxygen atoms in total. The van der Waals surface area contributed by atoms with Gasteiger partial charge in [-0.2, -0.15) is 5.26 Å². The van der Waals surface area contributed by atoms with E-state index >= 15 is 0 Å². The number of carbonyl (C=O) groups is 1. The molecule has 1 N–H and O–H groups in total.